The maximum atomic E-state index is 12.8. The molecule has 0 radical (unpaired) electrons. The van der Waals surface area contributed by atoms with Crippen molar-refractivity contribution in [2.45, 2.75) is 20.5 Å². The minimum atomic E-state index is -0.116. The molecular formula is C26H23NO2. The van der Waals surface area contributed by atoms with E-state index in [-0.39, 0.29) is 5.91 Å². The summed E-state index contributed by atoms with van der Waals surface area (Å²) in [7, 11) is 0. The number of nitrogens with one attached hydrogen (secondary N) is 1. The number of carbonyl (C=O) groups is 1. The number of aryl methyl sites for hydroxylation is 2. The zero-order valence-electron chi connectivity index (χ0n) is 16.6. The molecule has 0 fully saturated rings. The average Bonchev–Trinajstić information content (AvgIpc) is 2.75. The third-order valence-electron chi connectivity index (χ3n) is 5.05. The third kappa shape index (κ3) is 4.14. The Hall–Kier alpha value is -3.59. The summed E-state index contributed by atoms with van der Waals surface area (Å²) < 4.78 is 6.06. The van der Waals surface area contributed by atoms with E-state index in [1.54, 1.807) is 0 Å². The average molecular weight is 381 g/mol. The van der Waals surface area contributed by atoms with Gasteiger partial charge < -0.3 is 10.1 Å². The van der Waals surface area contributed by atoms with Crippen LogP contribution >= 0.6 is 0 Å². The molecule has 3 heteroatoms. The van der Waals surface area contributed by atoms with Crippen LogP contribution in [0.15, 0.2) is 84.9 Å². The second-order valence-corrected chi connectivity index (χ2v) is 7.19. The normalized spacial score (nSPS) is 10.7. The largest absolute Gasteiger partial charge is 0.488 e. The fraction of sp³-hybridized carbons (Fsp3) is 0.115. The number of para-hydroxylation sites is 1. The molecule has 1 amide bonds. The fourth-order valence-corrected chi connectivity index (χ4v) is 3.48. The number of hydrogen-bond donors (Lipinski definition) is 1. The van der Waals surface area contributed by atoms with Gasteiger partial charge in [0.15, 0.2) is 0 Å². The highest BCUT2D eigenvalue weighted by Gasteiger charge is 2.10. The molecule has 0 unspecified atom stereocenters. The van der Waals surface area contributed by atoms with Gasteiger partial charge in [0, 0.05) is 16.6 Å². The van der Waals surface area contributed by atoms with Gasteiger partial charge in [-0.05, 0) is 54.1 Å². The third-order valence-corrected chi connectivity index (χ3v) is 5.05. The van der Waals surface area contributed by atoms with Gasteiger partial charge in [-0.25, -0.2) is 0 Å². The quantitative estimate of drug-likeness (QED) is 0.441. The van der Waals surface area contributed by atoms with Crippen molar-refractivity contribution in [3.8, 4) is 5.75 Å². The first-order valence-electron chi connectivity index (χ1n) is 9.69. The first-order chi connectivity index (χ1) is 14.1. The summed E-state index contributed by atoms with van der Waals surface area (Å²) in [6.45, 7) is 4.40. The summed E-state index contributed by atoms with van der Waals surface area (Å²) in [6, 6.07) is 27.7. The highest BCUT2D eigenvalue weighted by Crippen LogP contribution is 2.26. The first-order valence-corrected chi connectivity index (χ1v) is 9.69. The van der Waals surface area contributed by atoms with Gasteiger partial charge in [-0.1, -0.05) is 66.7 Å². The summed E-state index contributed by atoms with van der Waals surface area (Å²) in [5, 5.41) is 5.27. The van der Waals surface area contributed by atoms with Crippen LogP contribution in [0.5, 0.6) is 5.75 Å². The lowest BCUT2D eigenvalue weighted by atomic mass is 10.1. The van der Waals surface area contributed by atoms with Crippen LogP contribution in [0.1, 0.15) is 27.0 Å². The Labute approximate surface area is 171 Å². The van der Waals surface area contributed by atoms with Crippen molar-refractivity contribution in [1.29, 1.82) is 0 Å². The molecule has 29 heavy (non-hydrogen) atoms. The second kappa shape index (κ2) is 8.19. The van der Waals surface area contributed by atoms with E-state index in [0.29, 0.717) is 12.2 Å². The number of amides is 1. The smallest absolute Gasteiger partial charge is 0.255 e. The Morgan fingerprint density at radius 1 is 0.828 bits per heavy atom. The van der Waals surface area contributed by atoms with Crippen molar-refractivity contribution in [2.75, 3.05) is 5.32 Å². The van der Waals surface area contributed by atoms with Gasteiger partial charge in [-0.15, -0.1) is 0 Å². The van der Waals surface area contributed by atoms with Gasteiger partial charge in [0.2, 0.25) is 0 Å². The van der Waals surface area contributed by atoms with Crippen LogP contribution in [0, 0.1) is 13.8 Å². The van der Waals surface area contributed by atoms with E-state index in [1.165, 1.54) is 0 Å². The number of hydrogen-bond acceptors (Lipinski definition) is 2. The van der Waals surface area contributed by atoms with Gasteiger partial charge in [-0.2, -0.15) is 0 Å². The molecule has 0 atom stereocenters. The van der Waals surface area contributed by atoms with Crippen molar-refractivity contribution in [3.63, 3.8) is 0 Å². The van der Waals surface area contributed by atoms with Crippen LogP contribution in [0.2, 0.25) is 0 Å². The number of fused-ring (bicyclic) bond motifs is 1. The summed E-state index contributed by atoms with van der Waals surface area (Å²) in [5.41, 5.74) is 4.54. The van der Waals surface area contributed by atoms with E-state index in [1.807, 2.05) is 80.6 Å². The molecule has 1 N–H and O–H groups in total. The van der Waals surface area contributed by atoms with E-state index < -0.39 is 0 Å². The predicted octanol–water partition coefficient (Wildman–Crippen LogP) is 6.29. The van der Waals surface area contributed by atoms with Crippen molar-refractivity contribution in [1.82, 2.24) is 0 Å². The highest BCUT2D eigenvalue weighted by atomic mass is 16.5. The molecule has 144 valence electrons. The summed E-state index contributed by atoms with van der Waals surface area (Å²) in [5.74, 6) is 0.725. The summed E-state index contributed by atoms with van der Waals surface area (Å²) in [4.78, 5) is 12.8. The van der Waals surface area contributed by atoms with E-state index in [2.05, 4.69) is 23.5 Å². The van der Waals surface area contributed by atoms with Crippen LogP contribution in [-0.2, 0) is 6.61 Å². The SMILES string of the molecule is Cc1cccc(C)c1NC(=O)c1cccc(COc2cccc3ccccc23)c1. The molecule has 0 saturated carbocycles. The molecular weight excluding hydrogens is 358 g/mol. The Bertz CT molecular complexity index is 1150. The maximum absolute atomic E-state index is 12.8. The standard InChI is InChI=1S/C26H23NO2/c1-18-8-5-9-19(2)25(18)27-26(28)22-13-6-10-20(16-22)17-29-24-15-7-12-21-11-3-4-14-23(21)24/h3-16H,17H2,1-2H3,(H,27,28). The molecule has 4 aromatic rings. The molecule has 0 aromatic heterocycles. The summed E-state index contributed by atoms with van der Waals surface area (Å²) in [6.07, 6.45) is 0. The van der Waals surface area contributed by atoms with Crippen LogP contribution in [0.3, 0.4) is 0 Å². The molecule has 3 nitrogen and oxygen atoms in total. The van der Waals surface area contributed by atoms with Crippen LogP contribution in [0.25, 0.3) is 10.8 Å². The van der Waals surface area contributed by atoms with Gasteiger partial charge >= 0.3 is 0 Å². The highest BCUT2D eigenvalue weighted by molar-refractivity contribution is 6.05. The lowest BCUT2D eigenvalue weighted by Gasteiger charge is -2.13. The molecule has 4 aromatic carbocycles. The van der Waals surface area contributed by atoms with Crippen molar-refractivity contribution < 1.29 is 9.53 Å². The molecule has 0 aliphatic rings. The topological polar surface area (TPSA) is 38.3 Å². The molecule has 0 aliphatic heterocycles. The lowest BCUT2D eigenvalue weighted by Crippen LogP contribution is -2.14. The zero-order valence-corrected chi connectivity index (χ0v) is 16.6. The molecule has 4 rings (SSSR count). The van der Waals surface area contributed by atoms with Gasteiger partial charge in [0.05, 0.1) is 0 Å². The van der Waals surface area contributed by atoms with Crippen LogP contribution < -0.4 is 10.1 Å². The maximum Gasteiger partial charge on any atom is 0.255 e. The number of rotatable bonds is 5. The molecule has 0 heterocycles. The van der Waals surface area contributed by atoms with E-state index in [0.717, 1.165) is 38.9 Å². The number of benzene rings is 4. The van der Waals surface area contributed by atoms with E-state index in [9.17, 15) is 4.79 Å². The monoisotopic (exact) mass is 381 g/mol. The fourth-order valence-electron chi connectivity index (χ4n) is 3.48. The first kappa shape index (κ1) is 18.8. The van der Waals surface area contributed by atoms with Crippen molar-refractivity contribution in [2.24, 2.45) is 0 Å². The molecule has 0 spiro atoms. The summed E-state index contributed by atoms with van der Waals surface area (Å²) >= 11 is 0. The Morgan fingerprint density at radius 2 is 1.52 bits per heavy atom. The predicted molar refractivity (Wildman–Crippen MR) is 119 cm³/mol. The minimum absolute atomic E-state index is 0.116. The van der Waals surface area contributed by atoms with Crippen LogP contribution in [0.4, 0.5) is 5.69 Å². The van der Waals surface area contributed by atoms with Crippen molar-refractivity contribution in [3.05, 3.63) is 107 Å². The van der Waals surface area contributed by atoms with Gasteiger partial charge in [0.1, 0.15) is 12.4 Å². The van der Waals surface area contributed by atoms with Gasteiger partial charge in [-0.3, -0.25) is 4.79 Å². The Kier molecular flexibility index (Phi) is 5.30. The minimum Gasteiger partial charge on any atom is -0.488 e. The second-order valence-electron chi connectivity index (χ2n) is 7.19. The molecule has 0 aliphatic carbocycles. The lowest BCUT2D eigenvalue weighted by molar-refractivity contribution is 0.102. The molecule has 0 saturated heterocycles. The van der Waals surface area contributed by atoms with E-state index in [4.69, 9.17) is 4.74 Å². The number of carbonyl (C=O) groups excluding carboxylic acids is 1. The van der Waals surface area contributed by atoms with Crippen LogP contribution in [-0.4, -0.2) is 5.91 Å². The van der Waals surface area contributed by atoms with E-state index >= 15 is 0 Å². The molecule has 0 bridgehead atoms. The Balaban J connectivity index is 1.51. The number of ether oxygens (including phenoxy) is 1. The zero-order chi connectivity index (χ0) is 20.2. The van der Waals surface area contributed by atoms with Gasteiger partial charge in [0.25, 0.3) is 5.91 Å². The van der Waals surface area contributed by atoms with Crippen molar-refractivity contribution >= 4 is 22.4 Å². The Morgan fingerprint density at radius 3 is 2.34 bits per heavy atom. The number of anilines is 1.